The molecule has 2 rings (SSSR count). The maximum absolute atomic E-state index is 13.2. The first-order valence-corrected chi connectivity index (χ1v) is 6.41. The van der Waals surface area contributed by atoms with Gasteiger partial charge in [0.05, 0.1) is 19.3 Å². The molecule has 0 aliphatic heterocycles. The Balaban J connectivity index is 2.28. The zero-order valence-electron chi connectivity index (χ0n) is 10.9. The topological polar surface area (TPSA) is 60.2 Å². The van der Waals surface area contributed by atoms with E-state index in [-0.39, 0.29) is 6.04 Å². The zero-order chi connectivity index (χ0) is 14.5. The van der Waals surface area contributed by atoms with Gasteiger partial charge in [-0.2, -0.15) is 0 Å². The second-order valence-corrected chi connectivity index (χ2v) is 4.75. The normalized spacial score (nSPS) is 12.2. The number of benzene rings is 1. The fraction of sp³-hybridized carbons (Fsp3) is 0.214. The van der Waals surface area contributed by atoms with Crippen molar-refractivity contribution >= 4 is 11.6 Å². The highest BCUT2D eigenvalue weighted by atomic mass is 35.5. The summed E-state index contributed by atoms with van der Waals surface area (Å²) in [6.07, 6.45) is 3.23. The van der Waals surface area contributed by atoms with Crippen LogP contribution in [0, 0.1) is 5.82 Å². The molecule has 0 fully saturated rings. The molecule has 1 aromatic heterocycles. The molecule has 20 heavy (non-hydrogen) atoms. The van der Waals surface area contributed by atoms with Gasteiger partial charge in [0.25, 0.3) is 0 Å². The van der Waals surface area contributed by atoms with Crippen molar-refractivity contribution in [1.82, 2.24) is 10.4 Å². The molecule has 6 heteroatoms. The lowest BCUT2D eigenvalue weighted by Gasteiger charge is -2.18. The minimum absolute atomic E-state index is 0.287. The predicted octanol–water partition coefficient (Wildman–Crippen LogP) is 2.63. The lowest BCUT2D eigenvalue weighted by atomic mass is 10.00. The van der Waals surface area contributed by atoms with Crippen LogP contribution in [0.3, 0.4) is 0 Å². The third-order valence-electron chi connectivity index (χ3n) is 3.00. The van der Waals surface area contributed by atoms with Crippen molar-refractivity contribution in [2.45, 2.75) is 12.5 Å². The van der Waals surface area contributed by atoms with Crippen molar-refractivity contribution in [1.29, 1.82) is 0 Å². The van der Waals surface area contributed by atoms with E-state index in [0.29, 0.717) is 22.8 Å². The molecule has 0 aliphatic rings. The summed E-state index contributed by atoms with van der Waals surface area (Å²) in [6, 6.07) is 6.45. The van der Waals surface area contributed by atoms with Crippen LogP contribution in [0.4, 0.5) is 4.39 Å². The second-order valence-electron chi connectivity index (χ2n) is 4.32. The largest absolute Gasteiger partial charge is 0.496 e. The van der Waals surface area contributed by atoms with E-state index in [2.05, 4.69) is 10.4 Å². The Morgan fingerprint density at radius 3 is 2.85 bits per heavy atom. The first-order chi connectivity index (χ1) is 9.63. The summed E-state index contributed by atoms with van der Waals surface area (Å²) in [5.74, 6) is 5.86. The minimum Gasteiger partial charge on any atom is -0.496 e. The van der Waals surface area contributed by atoms with E-state index in [1.807, 2.05) is 0 Å². The number of hydrogen-bond acceptors (Lipinski definition) is 4. The number of aromatic nitrogens is 1. The van der Waals surface area contributed by atoms with Crippen molar-refractivity contribution in [3.63, 3.8) is 0 Å². The molecule has 3 N–H and O–H groups in total. The average molecular weight is 296 g/mol. The van der Waals surface area contributed by atoms with Crippen LogP contribution >= 0.6 is 11.6 Å². The van der Waals surface area contributed by atoms with Gasteiger partial charge < -0.3 is 4.74 Å². The smallest absolute Gasteiger partial charge is 0.141 e. The lowest BCUT2D eigenvalue weighted by Crippen LogP contribution is -2.29. The third-order valence-corrected chi connectivity index (χ3v) is 3.23. The van der Waals surface area contributed by atoms with Crippen LogP contribution in [0.1, 0.15) is 17.2 Å². The van der Waals surface area contributed by atoms with E-state index >= 15 is 0 Å². The third kappa shape index (κ3) is 3.45. The molecule has 0 radical (unpaired) electrons. The van der Waals surface area contributed by atoms with Crippen LogP contribution in [-0.4, -0.2) is 12.1 Å². The fourth-order valence-corrected chi connectivity index (χ4v) is 2.21. The molecule has 1 atom stereocenters. The molecular weight excluding hydrogens is 281 g/mol. The molecule has 4 nitrogen and oxygen atoms in total. The van der Waals surface area contributed by atoms with E-state index in [0.717, 1.165) is 11.8 Å². The Morgan fingerprint density at radius 1 is 1.40 bits per heavy atom. The van der Waals surface area contributed by atoms with Crippen LogP contribution in [0.2, 0.25) is 5.02 Å². The van der Waals surface area contributed by atoms with E-state index < -0.39 is 5.82 Å². The van der Waals surface area contributed by atoms with Crippen molar-refractivity contribution in [3.8, 4) is 5.75 Å². The first kappa shape index (κ1) is 14.7. The van der Waals surface area contributed by atoms with Gasteiger partial charge in [0.15, 0.2) is 0 Å². The van der Waals surface area contributed by atoms with Gasteiger partial charge in [0.2, 0.25) is 0 Å². The molecule has 0 saturated carbocycles. The highest BCUT2D eigenvalue weighted by Gasteiger charge is 2.15. The molecule has 0 spiro atoms. The van der Waals surface area contributed by atoms with Gasteiger partial charge >= 0.3 is 0 Å². The zero-order valence-corrected chi connectivity index (χ0v) is 11.7. The average Bonchev–Trinajstić information content (AvgIpc) is 2.45. The molecule has 2 aromatic rings. The number of methoxy groups -OCH3 is 1. The molecule has 1 unspecified atom stereocenters. The fourth-order valence-electron chi connectivity index (χ4n) is 2.02. The summed E-state index contributed by atoms with van der Waals surface area (Å²) in [5.41, 5.74) is 4.20. The molecule has 0 aliphatic carbocycles. The summed E-state index contributed by atoms with van der Waals surface area (Å²) in [5, 5.41) is 0.605. The highest BCUT2D eigenvalue weighted by Crippen LogP contribution is 2.27. The summed E-state index contributed by atoms with van der Waals surface area (Å²) < 4.78 is 18.5. The number of hydrogen-bond donors (Lipinski definition) is 2. The Bertz CT molecular complexity index is 594. The van der Waals surface area contributed by atoms with Crippen molar-refractivity contribution in [3.05, 3.63) is 58.6 Å². The van der Waals surface area contributed by atoms with Crippen LogP contribution in [0.5, 0.6) is 5.75 Å². The van der Waals surface area contributed by atoms with Gasteiger partial charge in [0.1, 0.15) is 11.6 Å². The van der Waals surface area contributed by atoms with E-state index in [1.165, 1.54) is 6.07 Å². The van der Waals surface area contributed by atoms with E-state index in [4.69, 9.17) is 22.2 Å². The van der Waals surface area contributed by atoms with Gasteiger partial charge in [-0.05, 0) is 41.8 Å². The summed E-state index contributed by atoms with van der Waals surface area (Å²) in [4.78, 5) is 3.83. The van der Waals surface area contributed by atoms with Gasteiger partial charge in [-0.15, -0.1) is 0 Å². The van der Waals surface area contributed by atoms with E-state index in [9.17, 15) is 4.39 Å². The SMILES string of the molecule is COc1ccc(Cl)cc1CC(NN)c1cncc(F)c1. The summed E-state index contributed by atoms with van der Waals surface area (Å²) >= 11 is 5.99. The van der Waals surface area contributed by atoms with Crippen molar-refractivity contribution in [2.75, 3.05) is 7.11 Å². The Morgan fingerprint density at radius 2 is 2.20 bits per heavy atom. The standard InChI is InChI=1S/C14H15ClFN3O/c1-20-14-3-2-11(15)4-9(14)6-13(19-17)10-5-12(16)8-18-7-10/h2-5,7-8,13,19H,6,17H2,1H3. The van der Waals surface area contributed by atoms with Crippen LogP contribution in [-0.2, 0) is 6.42 Å². The van der Waals surface area contributed by atoms with Crippen LogP contribution in [0.15, 0.2) is 36.7 Å². The number of nitrogens with zero attached hydrogens (tertiary/aromatic N) is 1. The van der Waals surface area contributed by atoms with Gasteiger partial charge in [-0.1, -0.05) is 11.6 Å². The number of nitrogens with one attached hydrogen (secondary N) is 1. The molecule has 0 saturated heterocycles. The van der Waals surface area contributed by atoms with Gasteiger partial charge in [0, 0.05) is 11.2 Å². The Labute approximate surface area is 121 Å². The van der Waals surface area contributed by atoms with Crippen LogP contribution < -0.4 is 16.0 Å². The summed E-state index contributed by atoms with van der Waals surface area (Å²) in [6.45, 7) is 0. The number of pyridine rings is 1. The van der Waals surface area contributed by atoms with Gasteiger partial charge in [-0.25, -0.2) is 4.39 Å². The number of rotatable bonds is 5. The maximum Gasteiger partial charge on any atom is 0.141 e. The number of ether oxygens (including phenoxy) is 1. The Hall–Kier alpha value is -1.69. The van der Waals surface area contributed by atoms with Crippen molar-refractivity contribution in [2.24, 2.45) is 5.84 Å². The molecule has 0 amide bonds. The van der Waals surface area contributed by atoms with Gasteiger partial charge in [-0.3, -0.25) is 16.3 Å². The monoisotopic (exact) mass is 295 g/mol. The quantitative estimate of drug-likeness (QED) is 0.657. The number of halogens is 2. The predicted molar refractivity (Wildman–Crippen MR) is 76.0 cm³/mol. The van der Waals surface area contributed by atoms with Crippen LogP contribution in [0.25, 0.3) is 0 Å². The molecule has 1 aromatic carbocycles. The first-order valence-electron chi connectivity index (χ1n) is 6.03. The second kappa shape index (κ2) is 6.65. The summed E-state index contributed by atoms with van der Waals surface area (Å²) in [7, 11) is 1.58. The lowest BCUT2D eigenvalue weighted by molar-refractivity contribution is 0.405. The Kier molecular flexibility index (Phi) is 4.89. The molecule has 106 valence electrons. The number of hydrazine groups is 1. The van der Waals surface area contributed by atoms with E-state index in [1.54, 1.807) is 31.5 Å². The molecular formula is C14H15ClFN3O. The minimum atomic E-state index is -0.402. The molecule has 1 heterocycles. The van der Waals surface area contributed by atoms with Crippen molar-refractivity contribution < 1.29 is 9.13 Å². The molecule has 0 bridgehead atoms. The maximum atomic E-state index is 13.2. The highest BCUT2D eigenvalue weighted by molar-refractivity contribution is 6.30. The number of nitrogens with two attached hydrogens (primary N) is 1.